The monoisotopic (exact) mass is 711 g/mol. The number of benzene rings is 2. The SMILES string of the molecule is CC(C)Oc1cc([C@@](Cc2ccccc2)(NC(=O)C(F)C(O)(C(F)(F)F)C(F)(F)F)C2=CC(OC(F)(F)C(F)F)CC(F)=C2)ccc1F. The lowest BCUT2D eigenvalue weighted by Crippen LogP contribution is -2.67. The Bertz CT molecular complexity index is 1490. The van der Waals surface area contributed by atoms with E-state index in [9.17, 15) is 58.2 Å². The predicted octanol–water partition coefficient (Wildman–Crippen LogP) is 7.79. The normalized spacial score (nSPS) is 18.2. The zero-order valence-corrected chi connectivity index (χ0v) is 24.6. The first-order chi connectivity index (χ1) is 21.9. The number of alkyl halides is 11. The van der Waals surface area contributed by atoms with Crippen molar-refractivity contribution in [3.05, 3.63) is 89.0 Å². The molecule has 266 valence electrons. The summed E-state index contributed by atoms with van der Waals surface area (Å²) >= 11 is 0. The van der Waals surface area contributed by atoms with Crippen LogP contribution in [0.4, 0.5) is 57.1 Å². The maximum absolute atomic E-state index is 15.3. The minimum atomic E-state index is -6.84. The third-order valence-electron chi connectivity index (χ3n) is 7.03. The van der Waals surface area contributed by atoms with Gasteiger partial charge in [0, 0.05) is 12.8 Å². The lowest BCUT2D eigenvalue weighted by Gasteiger charge is -2.41. The predicted molar refractivity (Wildman–Crippen MR) is 142 cm³/mol. The first-order valence-corrected chi connectivity index (χ1v) is 13.7. The Morgan fingerprint density at radius 2 is 1.52 bits per heavy atom. The Balaban J connectivity index is 2.39. The van der Waals surface area contributed by atoms with E-state index in [1.54, 1.807) is 5.32 Å². The van der Waals surface area contributed by atoms with Crippen LogP contribution in [-0.4, -0.2) is 59.9 Å². The molecule has 0 bridgehead atoms. The smallest absolute Gasteiger partial charge is 0.429 e. The van der Waals surface area contributed by atoms with Gasteiger partial charge >= 0.3 is 24.9 Å². The van der Waals surface area contributed by atoms with Gasteiger partial charge in [-0.15, -0.1) is 0 Å². The zero-order chi connectivity index (χ0) is 36.5. The van der Waals surface area contributed by atoms with Crippen molar-refractivity contribution in [3.8, 4) is 5.75 Å². The van der Waals surface area contributed by atoms with Crippen LogP contribution in [0.15, 0.2) is 72.1 Å². The number of aliphatic hydroxyl groups is 1. The molecule has 5 nitrogen and oxygen atoms in total. The largest absolute Gasteiger partial charge is 0.488 e. The molecule has 0 saturated heterocycles. The molecule has 2 aromatic rings. The summed E-state index contributed by atoms with van der Waals surface area (Å²) in [7, 11) is 0. The van der Waals surface area contributed by atoms with Crippen molar-refractivity contribution in [1.82, 2.24) is 5.32 Å². The van der Waals surface area contributed by atoms with Gasteiger partial charge in [0.25, 0.3) is 11.5 Å². The summed E-state index contributed by atoms with van der Waals surface area (Å²) in [5, 5.41) is 11.2. The van der Waals surface area contributed by atoms with E-state index in [2.05, 4.69) is 4.74 Å². The lowest BCUT2D eigenvalue weighted by atomic mass is 9.75. The van der Waals surface area contributed by atoms with Crippen molar-refractivity contribution in [1.29, 1.82) is 0 Å². The van der Waals surface area contributed by atoms with Crippen LogP contribution in [0.2, 0.25) is 0 Å². The van der Waals surface area contributed by atoms with Crippen molar-refractivity contribution in [3.63, 3.8) is 0 Å². The van der Waals surface area contributed by atoms with Gasteiger partial charge in [0.1, 0.15) is 5.83 Å². The third kappa shape index (κ3) is 8.07. The Hall–Kier alpha value is -3.80. The molecule has 48 heavy (non-hydrogen) atoms. The van der Waals surface area contributed by atoms with Gasteiger partial charge in [0.2, 0.25) is 6.17 Å². The second kappa shape index (κ2) is 14.0. The van der Waals surface area contributed by atoms with Gasteiger partial charge in [-0.2, -0.15) is 35.1 Å². The van der Waals surface area contributed by atoms with E-state index in [1.165, 1.54) is 44.2 Å². The van der Waals surface area contributed by atoms with Gasteiger partial charge < -0.3 is 19.9 Å². The van der Waals surface area contributed by atoms with Crippen molar-refractivity contribution < 1.29 is 76.5 Å². The molecule has 0 aromatic heterocycles. The number of amides is 1. The number of hydrogen-bond acceptors (Lipinski definition) is 4. The molecule has 0 aliphatic heterocycles. The molecule has 1 aliphatic carbocycles. The molecule has 3 atom stereocenters. The van der Waals surface area contributed by atoms with Crippen LogP contribution in [0.5, 0.6) is 5.75 Å². The number of carbonyl (C=O) groups is 1. The highest BCUT2D eigenvalue weighted by Crippen LogP contribution is 2.47. The lowest BCUT2D eigenvalue weighted by molar-refractivity contribution is -0.380. The Morgan fingerprint density at radius 1 is 0.938 bits per heavy atom. The first kappa shape index (κ1) is 38.6. The van der Waals surface area contributed by atoms with Crippen LogP contribution in [0.25, 0.3) is 0 Å². The van der Waals surface area contributed by atoms with E-state index in [0.717, 1.165) is 12.1 Å². The van der Waals surface area contributed by atoms with E-state index in [1.807, 2.05) is 0 Å². The molecule has 2 unspecified atom stereocenters. The summed E-state index contributed by atoms with van der Waals surface area (Å²) in [5.74, 6) is -5.97. The van der Waals surface area contributed by atoms with Crippen LogP contribution < -0.4 is 10.1 Å². The number of rotatable bonds is 12. The van der Waals surface area contributed by atoms with Crippen molar-refractivity contribution in [2.24, 2.45) is 0 Å². The van der Waals surface area contributed by atoms with E-state index in [4.69, 9.17) is 4.74 Å². The fourth-order valence-corrected chi connectivity index (χ4v) is 4.81. The molecular formula is C30H26F13NO4. The molecule has 1 amide bonds. The molecule has 18 heteroatoms. The average molecular weight is 712 g/mol. The summed E-state index contributed by atoms with van der Waals surface area (Å²) in [6.45, 7) is 2.83. The minimum Gasteiger partial charge on any atom is -0.488 e. The molecule has 0 fully saturated rings. The fraction of sp³-hybridized carbons (Fsp3) is 0.433. The zero-order valence-electron chi connectivity index (χ0n) is 24.6. The van der Waals surface area contributed by atoms with Crippen LogP contribution in [-0.2, 0) is 21.5 Å². The maximum atomic E-state index is 15.3. The molecule has 3 rings (SSSR count). The van der Waals surface area contributed by atoms with Crippen LogP contribution in [0.1, 0.15) is 31.4 Å². The number of halogens is 13. The molecule has 2 N–H and O–H groups in total. The summed E-state index contributed by atoms with van der Waals surface area (Å²) in [6.07, 6.45) is -32.3. The van der Waals surface area contributed by atoms with Crippen molar-refractivity contribution in [2.45, 2.75) is 81.1 Å². The molecule has 1 aliphatic rings. The molecule has 0 radical (unpaired) electrons. The highest BCUT2D eigenvalue weighted by molar-refractivity contribution is 5.84. The maximum Gasteiger partial charge on any atom is 0.429 e. The summed E-state index contributed by atoms with van der Waals surface area (Å²) in [4.78, 5) is 13.2. The highest BCUT2D eigenvalue weighted by Gasteiger charge is 2.76. The first-order valence-electron chi connectivity index (χ1n) is 13.7. The van der Waals surface area contributed by atoms with Gasteiger partial charge in [-0.1, -0.05) is 36.4 Å². The van der Waals surface area contributed by atoms with Gasteiger partial charge in [0.05, 0.1) is 17.7 Å². The molecular weight excluding hydrogens is 685 g/mol. The number of nitrogens with one attached hydrogen (secondary N) is 1. The fourth-order valence-electron chi connectivity index (χ4n) is 4.81. The van der Waals surface area contributed by atoms with Crippen LogP contribution in [0.3, 0.4) is 0 Å². The quantitative estimate of drug-likeness (QED) is 0.221. The van der Waals surface area contributed by atoms with Crippen LogP contribution in [0, 0.1) is 5.82 Å². The van der Waals surface area contributed by atoms with Gasteiger partial charge in [0.15, 0.2) is 11.6 Å². The van der Waals surface area contributed by atoms with E-state index in [-0.39, 0.29) is 5.56 Å². The van der Waals surface area contributed by atoms with E-state index < -0.39 is 102 Å². The number of carbonyl (C=O) groups excluding carboxylic acids is 1. The summed E-state index contributed by atoms with van der Waals surface area (Å²) < 4.78 is 189. The second-order valence-electron chi connectivity index (χ2n) is 10.9. The second-order valence-corrected chi connectivity index (χ2v) is 10.9. The van der Waals surface area contributed by atoms with Gasteiger partial charge in [-0.05, 0) is 54.8 Å². The average Bonchev–Trinajstić information content (AvgIpc) is 2.95. The summed E-state index contributed by atoms with van der Waals surface area (Å²) in [6, 6.07) is 8.88. The molecule has 0 spiro atoms. The topological polar surface area (TPSA) is 67.8 Å². The summed E-state index contributed by atoms with van der Waals surface area (Å²) in [5.41, 5.74) is -10.5. The minimum absolute atomic E-state index is 0.0291. The third-order valence-corrected chi connectivity index (χ3v) is 7.03. The Kier molecular flexibility index (Phi) is 11.3. The van der Waals surface area contributed by atoms with Gasteiger partial charge in [-0.25, -0.2) is 22.0 Å². The number of hydrogen-bond donors (Lipinski definition) is 2. The number of ether oxygens (including phenoxy) is 2. The van der Waals surface area contributed by atoms with Gasteiger partial charge in [-0.3, -0.25) is 4.79 Å². The van der Waals surface area contributed by atoms with E-state index in [0.29, 0.717) is 18.2 Å². The van der Waals surface area contributed by atoms with Crippen molar-refractivity contribution >= 4 is 5.91 Å². The van der Waals surface area contributed by atoms with E-state index >= 15 is 8.78 Å². The Labute approximate surface area is 264 Å². The highest BCUT2D eigenvalue weighted by atomic mass is 19.4. The molecule has 0 heterocycles. The molecule has 0 saturated carbocycles. The molecule has 2 aromatic carbocycles. The Morgan fingerprint density at radius 3 is 2.04 bits per heavy atom. The van der Waals surface area contributed by atoms with Crippen molar-refractivity contribution in [2.75, 3.05) is 0 Å². The van der Waals surface area contributed by atoms with Crippen LogP contribution >= 0.6 is 0 Å². The standard InChI is InChI=1S/C30H26F13NO4/c1-15(2)47-22-12-17(8-9-21(22)32)26(14-16-6-4-3-5-7-16,18-10-19(31)13-20(11-18)48-28(36,37)25(34)35)44-24(45)23(33)27(46,29(38,39)40)30(41,42)43/h3-12,15,20,23,25,46H,13-14H2,1-2H3,(H,44,45)/t20?,23?,26-/m1/s1.